The van der Waals surface area contributed by atoms with E-state index in [0.29, 0.717) is 14.6 Å². The van der Waals surface area contributed by atoms with Crippen molar-refractivity contribution in [2.75, 3.05) is 11.9 Å². The molecule has 0 saturated carbocycles. The molecular formula is C11H9Br2F3N2. The van der Waals surface area contributed by atoms with Crippen molar-refractivity contribution in [3.8, 4) is 6.07 Å². The van der Waals surface area contributed by atoms with Gasteiger partial charge < -0.3 is 5.32 Å². The number of nitriles is 1. The predicted molar refractivity (Wildman–Crippen MR) is 70.2 cm³/mol. The molecule has 0 fully saturated rings. The van der Waals surface area contributed by atoms with E-state index >= 15 is 0 Å². The summed E-state index contributed by atoms with van der Waals surface area (Å²) < 4.78 is 38.5. The lowest BCUT2D eigenvalue weighted by Crippen LogP contribution is -2.28. The second-order valence-corrected chi connectivity index (χ2v) is 5.42. The Balaban J connectivity index is 2.85. The van der Waals surface area contributed by atoms with Gasteiger partial charge in [0.25, 0.3) is 0 Å². The molecule has 1 aromatic rings. The van der Waals surface area contributed by atoms with E-state index in [9.17, 15) is 13.2 Å². The van der Waals surface area contributed by atoms with Crippen molar-refractivity contribution in [3.05, 3.63) is 26.6 Å². The molecule has 2 nitrogen and oxygen atoms in total. The van der Waals surface area contributed by atoms with Crippen LogP contribution in [0.1, 0.15) is 5.56 Å². The van der Waals surface area contributed by atoms with Gasteiger partial charge in [-0.05, 0) is 56.5 Å². The first kappa shape index (κ1) is 15.3. The smallest absolute Gasteiger partial charge is 0.382 e. The van der Waals surface area contributed by atoms with E-state index in [0.717, 1.165) is 5.56 Å². The molecule has 0 heterocycles. The van der Waals surface area contributed by atoms with Gasteiger partial charge in [0.05, 0.1) is 11.8 Å². The van der Waals surface area contributed by atoms with Crippen LogP contribution in [0.3, 0.4) is 0 Å². The van der Waals surface area contributed by atoms with Crippen LogP contribution in [-0.2, 0) is 0 Å². The third-order valence-corrected chi connectivity index (χ3v) is 3.47. The molecule has 18 heavy (non-hydrogen) atoms. The lowest BCUT2D eigenvalue weighted by molar-refractivity contribution is -0.155. The summed E-state index contributed by atoms with van der Waals surface area (Å²) in [4.78, 5) is 0. The van der Waals surface area contributed by atoms with Gasteiger partial charge >= 0.3 is 6.18 Å². The average Bonchev–Trinajstić information content (AvgIpc) is 2.19. The Bertz CT molecular complexity index is 457. The number of anilines is 1. The molecule has 0 saturated heterocycles. The Labute approximate surface area is 119 Å². The molecule has 0 radical (unpaired) electrons. The van der Waals surface area contributed by atoms with Gasteiger partial charge in [0, 0.05) is 15.5 Å². The lowest BCUT2D eigenvalue weighted by Gasteiger charge is -2.16. The monoisotopic (exact) mass is 384 g/mol. The molecule has 1 aromatic carbocycles. The minimum absolute atomic E-state index is 0.486. The summed E-state index contributed by atoms with van der Waals surface area (Å²) in [6.45, 7) is 1.38. The van der Waals surface area contributed by atoms with Gasteiger partial charge in [-0.15, -0.1) is 0 Å². The molecule has 1 rings (SSSR count). The molecule has 0 aliphatic rings. The zero-order valence-corrected chi connectivity index (χ0v) is 12.4. The molecule has 1 atom stereocenters. The quantitative estimate of drug-likeness (QED) is 0.823. The van der Waals surface area contributed by atoms with E-state index in [1.165, 1.54) is 6.07 Å². The highest BCUT2D eigenvalue weighted by molar-refractivity contribution is 9.11. The zero-order valence-electron chi connectivity index (χ0n) is 9.28. The van der Waals surface area contributed by atoms with Crippen molar-refractivity contribution >= 4 is 37.5 Å². The van der Waals surface area contributed by atoms with Gasteiger partial charge in [0.2, 0.25) is 0 Å². The van der Waals surface area contributed by atoms with Crippen molar-refractivity contribution in [2.45, 2.75) is 13.1 Å². The van der Waals surface area contributed by atoms with Crippen LogP contribution in [0.2, 0.25) is 0 Å². The van der Waals surface area contributed by atoms with Crippen molar-refractivity contribution in [1.82, 2.24) is 0 Å². The Hall–Kier alpha value is -0.740. The number of benzene rings is 1. The number of alkyl halides is 3. The highest BCUT2D eigenvalue weighted by Gasteiger charge is 2.39. The van der Waals surface area contributed by atoms with Gasteiger partial charge in [-0.2, -0.15) is 18.4 Å². The Morgan fingerprint density at radius 2 is 1.83 bits per heavy atom. The molecule has 0 spiro atoms. The standard InChI is InChI=1S/C11H9Br2F3N2/c1-6-2-8(12)10(9(13)3-6)18-5-7(4-17)11(14,15)16/h2-3,7,18H,5H2,1H3. The third-order valence-electron chi connectivity index (χ3n) is 2.22. The second kappa shape index (κ2) is 5.93. The van der Waals surface area contributed by atoms with Crippen molar-refractivity contribution in [2.24, 2.45) is 5.92 Å². The molecule has 1 N–H and O–H groups in total. The molecule has 0 amide bonds. The van der Waals surface area contributed by atoms with Gasteiger partial charge in [-0.1, -0.05) is 0 Å². The van der Waals surface area contributed by atoms with Crippen LogP contribution in [0.5, 0.6) is 0 Å². The molecule has 7 heteroatoms. The van der Waals surface area contributed by atoms with Gasteiger partial charge in [-0.3, -0.25) is 0 Å². The number of halogens is 5. The Morgan fingerprint density at radius 3 is 2.22 bits per heavy atom. The van der Waals surface area contributed by atoms with Crippen LogP contribution in [0, 0.1) is 24.2 Å². The SMILES string of the molecule is Cc1cc(Br)c(NCC(C#N)C(F)(F)F)c(Br)c1. The predicted octanol–water partition coefficient (Wildman–Crippen LogP) is 4.63. The first-order valence-corrected chi connectivity index (χ1v) is 6.50. The average molecular weight is 386 g/mol. The highest BCUT2D eigenvalue weighted by Crippen LogP contribution is 2.33. The largest absolute Gasteiger partial charge is 0.406 e. The molecule has 98 valence electrons. The van der Waals surface area contributed by atoms with E-state index in [2.05, 4.69) is 37.2 Å². The number of nitrogens with one attached hydrogen (secondary N) is 1. The molecule has 0 aliphatic carbocycles. The van der Waals surface area contributed by atoms with Crippen LogP contribution in [-0.4, -0.2) is 12.7 Å². The maximum Gasteiger partial charge on any atom is 0.406 e. The highest BCUT2D eigenvalue weighted by atomic mass is 79.9. The van der Waals surface area contributed by atoms with E-state index in [1.807, 2.05) is 6.92 Å². The van der Waals surface area contributed by atoms with Crippen LogP contribution in [0.25, 0.3) is 0 Å². The van der Waals surface area contributed by atoms with Crippen LogP contribution in [0.15, 0.2) is 21.1 Å². The van der Waals surface area contributed by atoms with Crippen molar-refractivity contribution in [3.63, 3.8) is 0 Å². The summed E-state index contributed by atoms with van der Waals surface area (Å²) in [6, 6.07) is 4.80. The van der Waals surface area contributed by atoms with E-state index in [-0.39, 0.29) is 0 Å². The van der Waals surface area contributed by atoms with Crippen LogP contribution >= 0.6 is 31.9 Å². The fourth-order valence-corrected chi connectivity index (χ4v) is 3.00. The normalized spacial score (nSPS) is 12.9. The Kier molecular flexibility index (Phi) is 5.05. The van der Waals surface area contributed by atoms with Crippen LogP contribution in [0.4, 0.5) is 18.9 Å². The van der Waals surface area contributed by atoms with Gasteiger partial charge in [0.15, 0.2) is 5.92 Å². The number of hydrogen-bond acceptors (Lipinski definition) is 2. The summed E-state index contributed by atoms with van der Waals surface area (Å²) in [5, 5.41) is 11.1. The lowest BCUT2D eigenvalue weighted by atomic mass is 10.1. The summed E-state index contributed by atoms with van der Waals surface area (Å²) in [5.74, 6) is -2.03. The molecule has 0 bridgehead atoms. The van der Waals surface area contributed by atoms with Crippen LogP contribution < -0.4 is 5.32 Å². The second-order valence-electron chi connectivity index (χ2n) is 3.71. The maximum atomic E-state index is 12.4. The molecular weight excluding hydrogens is 377 g/mol. The third kappa shape index (κ3) is 3.89. The Morgan fingerprint density at radius 1 is 1.33 bits per heavy atom. The maximum absolute atomic E-state index is 12.4. The summed E-state index contributed by atoms with van der Waals surface area (Å²) >= 11 is 6.53. The molecule has 1 unspecified atom stereocenters. The summed E-state index contributed by atoms with van der Waals surface area (Å²) in [7, 11) is 0. The number of aryl methyl sites for hydroxylation is 1. The number of rotatable bonds is 3. The summed E-state index contributed by atoms with van der Waals surface area (Å²) in [6.07, 6.45) is -4.52. The topological polar surface area (TPSA) is 35.8 Å². The minimum Gasteiger partial charge on any atom is -0.382 e. The molecule has 0 aromatic heterocycles. The molecule has 0 aliphatic heterocycles. The van der Waals surface area contributed by atoms with Gasteiger partial charge in [0.1, 0.15) is 0 Å². The minimum atomic E-state index is -4.52. The zero-order chi connectivity index (χ0) is 13.9. The van der Waals surface area contributed by atoms with Crippen molar-refractivity contribution < 1.29 is 13.2 Å². The summed E-state index contributed by atoms with van der Waals surface area (Å²) in [5.41, 5.74) is 1.47. The fraction of sp³-hybridized carbons (Fsp3) is 0.364. The number of nitrogens with zero attached hydrogens (tertiary/aromatic N) is 1. The first-order chi connectivity index (χ1) is 8.25. The van der Waals surface area contributed by atoms with Gasteiger partial charge in [-0.25, -0.2) is 0 Å². The van der Waals surface area contributed by atoms with E-state index in [1.54, 1.807) is 12.1 Å². The first-order valence-electron chi connectivity index (χ1n) is 4.91. The van der Waals surface area contributed by atoms with Crippen molar-refractivity contribution in [1.29, 1.82) is 5.26 Å². The van der Waals surface area contributed by atoms with E-state index < -0.39 is 18.6 Å². The van der Waals surface area contributed by atoms with E-state index in [4.69, 9.17) is 5.26 Å². The fourth-order valence-electron chi connectivity index (χ4n) is 1.31. The number of hydrogen-bond donors (Lipinski definition) is 1.